The van der Waals surface area contributed by atoms with Gasteiger partial charge >= 0.3 is 12.1 Å². The highest BCUT2D eigenvalue weighted by Crippen LogP contribution is 2.35. The molecule has 6 nitrogen and oxygen atoms in total. The average Bonchev–Trinajstić information content (AvgIpc) is 2.94. The average molecular weight is 374 g/mol. The Hall–Kier alpha value is -3.54. The van der Waals surface area contributed by atoms with Crippen LogP contribution in [0.15, 0.2) is 36.4 Å². The third-order valence-electron chi connectivity index (χ3n) is 3.99. The van der Waals surface area contributed by atoms with Gasteiger partial charge in [-0.05, 0) is 30.3 Å². The molecule has 3 rings (SSSR count). The first kappa shape index (κ1) is 18.3. The second-order valence-corrected chi connectivity index (χ2v) is 5.69. The number of carbonyl (C=O) groups is 1. The first-order chi connectivity index (χ1) is 12.7. The molecule has 0 radical (unpaired) electrons. The van der Waals surface area contributed by atoms with E-state index in [9.17, 15) is 18.0 Å². The zero-order valence-corrected chi connectivity index (χ0v) is 14.3. The molecule has 2 aromatic carbocycles. The molecule has 1 N–H and O–H groups in total. The van der Waals surface area contributed by atoms with E-state index in [2.05, 4.69) is 15.0 Å². The van der Waals surface area contributed by atoms with Crippen molar-refractivity contribution in [2.75, 3.05) is 12.4 Å². The molecule has 3 aromatic rings. The Morgan fingerprint density at radius 2 is 2.04 bits per heavy atom. The number of fused-ring (bicyclic) bond motifs is 1. The maximum atomic E-state index is 13.1. The lowest BCUT2D eigenvalue weighted by molar-refractivity contribution is -0.137. The van der Waals surface area contributed by atoms with E-state index in [1.165, 1.54) is 17.7 Å². The fourth-order valence-corrected chi connectivity index (χ4v) is 2.65. The number of hydrogen-bond acceptors (Lipinski definition) is 5. The second kappa shape index (κ2) is 6.64. The molecule has 0 fully saturated rings. The molecule has 0 bridgehead atoms. The van der Waals surface area contributed by atoms with Crippen LogP contribution in [0.5, 0.6) is 0 Å². The number of alkyl halides is 3. The van der Waals surface area contributed by atoms with E-state index in [0.29, 0.717) is 16.8 Å². The number of ether oxygens (including phenoxy) is 1. The first-order valence-electron chi connectivity index (χ1n) is 7.67. The number of aryl methyl sites for hydroxylation is 1. The minimum Gasteiger partial charge on any atom is -0.465 e. The van der Waals surface area contributed by atoms with Crippen LogP contribution in [0.1, 0.15) is 21.5 Å². The molecule has 0 aliphatic rings. The lowest BCUT2D eigenvalue weighted by atomic mass is 10.1. The van der Waals surface area contributed by atoms with Crippen molar-refractivity contribution in [3.8, 4) is 6.07 Å². The minimum absolute atomic E-state index is 0.0930. The number of nitriles is 1. The van der Waals surface area contributed by atoms with Crippen molar-refractivity contribution in [3.63, 3.8) is 0 Å². The van der Waals surface area contributed by atoms with Gasteiger partial charge < -0.3 is 14.6 Å². The largest absolute Gasteiger partial charge is 0.465 e. The van der Waals surface area contributed by atoms with Gasteiger partial charge in [-0.1, -0.05) is 6.07 Å². The Morgan fingerprint density at radius 3 is 2.67 bits per heavy atom. The molecule has 0 saturated carbocycles. The number of carbonyl (C=O) groups excluding carboxylic acids is 1. The molecule has 0 unspecified atom stereocenters. The number of halogens is 3. The van der Waals surface area contributed by atoms with Crippen molar-refractivity contribution in [1.82, 2.24) is 9.55 Å². The molecule has 0 spiro atoms. The van der Waals surface area contributed by atoms with E-state index in [4.69, 9.17) is 5.26 Å². The first-order valence-corrected chi connectivity index (χ1v) is 7.67. The molecule has 0 aliphatic heterocycles. The SMILES string of the molecule is COC(=O)c1cccc(Nc2nc3cc(C(F)(F)F)c(C#N)cc3n2C)c1. The highest BCUT2D eigenvalue weighted by Gasteiger charge is 2.34. The zero-order valence-electron chi connectivity index (χ0n) is 14.3. The number of rotatable bonds is 3. The van der Waals surface area contributed by atoms with Gasteiger partial charge in [0.05, 0.1) is 40.9 Å². The predicted molar refractivity (Wildman–Crippen MR) is 91.5 cm³/mol. The minimum atomic E-state index is -4.65. The lowest BCUT2D eigenvalue weighted by Crippen LogP contribution is -2.08. The maximum absolute atomic E-state index is 13.1. The topological polar surface area (TPSA) is 79.9 Å². The molecule has 0 aliphatic carbocycles. The van der Waals surface area contributed by atoms with Gasteiger partial charge in [-0.2, -0.15) is 18.4 Å². The fourth-order valence-electron chi connectivity index (χ4n) is 2.65. The van der Waals surface area contributed by atoms with Gasteiger partial charge in [-0.3, -0.25) is 0 Å². The summed E-state index contributed by atoms with van der Waals surface area (Å²) in [5.74, 6) is -0.257. The Morgan fingerprint density at radius 1 is 1.30 bits per heavy atom. The Bertz CT molecular complexity index is 1080. The molecule has 27 heavy (non-hydrogen) atoms. The van der Waals surface area contributed by atoms with Gasteiger partial charge in [0.2, 0.25) is 5.95 Å². The fraction of sp³-hybridized carbons (Fsp3) is 0.167. The number of hydrogen-bond donors (Lipinski definition) is 1. The van der Waals surface area contributed by atoms with Crippen LogP contribution >= 0.6 is 0 Å². The molecule has 0 amide bonds. The summed E-state index contributed by atoms with van der Waals surface area (Å²) in [5, 5.41) is 12.0. The summed E-state index contributed by atoms with van der Waals surface area (Å²) in [6, 6.07) is 9.99. The van der Waals surface area contributed by atoms with Gasteiger partial charge in [0.15, 0.2) is 0 Å². The number of imidazole rings is 1. The number of nitrogens with one attached hydrogen (secondary N) is 1. The lowest BCUT2D eigenvalue weighted by Gasteiger charge is -2.09. The van der Waals surface area contributed by atoms with Crippen molar-refractivity contribution in [2.24, 2.45) is 7.05 Å². The molecule has 1 aromatic heterocycles. The van der Waals surface area contributed by atoms with Crippen LogP contribution in [0, 0.1) is 11.3 Å². The van der Waals surface area contributed by atoms with E-state index in [1.807, 2.05) is 0 Å². The normalized spacial score (nSPS) is 11.3. The monoisotopic (exact) mass is 374 g/mol. The number of esters is 1. The van der Waals surface area contributed by atoms with Crippen LogP contribution < -0.4 is 5.32 Å². The summed E-state index contributed by atoms with van der Waals surface area (Å²) in [6.45, 7) is 0. The molecular weight excluding hydrogens is 361 g/mol. The zero-order chi connectivity index (χ0) is 19.8. The molecule has 1 heterocycles. The standard InChI is InChI=1S/C18H13F3N4O2/c1-25-15-7-11(9-22)13(18(19,20)21)8-14(15)24-17(25)23-12-5-3-4-10(6-12)16(26)27-2/h3-8H,1-2H3,(H,23,24). The third-order valence-corrected chi connectivity index (χ3v) is 3.99. The van der Waals surface area contributed by atoms with E-state index in [0.717, 1.165) is 12.1 Å². The van der Waals surface area contributed by atoms with Crippen LogP contribution in [0.3, 0.4) is 0 Å². The molecular formula is C18H13F3N4O2. The quantitative estimate of drug-likeness (QED) is 0.701. The highest BCUT2D eigenvalue weighted by molar-refractivity contribution is 5.90. The summed E-state index contributed by atoms with van der Waals surface area (Å²) >= 11 is 0. The van der Waals surface area contributed by atoms with Crippen molar-refractivity contribution >= 4 is 28.6 Å². The Kier molecular flexibility index (Phi) is 4.49. The summed E-state index contributed by atoms with van der Waals surface area (Å²) < 4.78 is 45.6. The van der Waals surface area contributed by atoms with Crippen LogP contribution in [0.25, 0.3) is 11.0 Å². The number of anilines is 2. The summed E-state index contributed by atoms with van der Waals surface area (Å²) in [4.78, 5) is 15.8. The van der Waals surface area contributed by atoms with Gasteiger partial charge in [-0.15, -0.1) is 0 Å². The molecule has 0 saturated heterocycles. The van der Waals surface area contributed by atoms with Gasteiger partial charge in [0, 0.05) is 12.7 Å². The number of benzene rings is 2. The van der Waals surface area contributed by atoms with Crippen LogP contribution in [-0.4, -0.2) is 22.6 Å². The van der Waals surface area contributed by atoms with Gasteiger partial charge in [0.25, 0.3) is 0 Å². The van der Waals surface area contributed by atoms with Crippen molar-refractivity contribution in [1.29, 1.82) is 5.26 Å². The summed E-state index contributed by atoms with van der Waals surface area (Å²) in [5.41, 5.74) is -0.228. The van der Waals surface area contributed by atoms with Gasteiger partial charge in [-0.25, -0.2) is 9.78 Å². The second-order valence-electron chi connectivity index (χ2n) is 5.69. The van der Waals surface area contributed by atoms with Crippen LogP contribution in [-0.2, 0) is 18.0 Å². The molecule has 9 heteroatoms. The van der Waals surface area contributed by atoms with Crippen molar-refractivity contribution in [3.05, 3.63) is 53.1 Å². The summed E-state index contributed by atoms with van der Waals surface area (Å²) in [6.07, 6.45) is -4.65. The van der Waals surface area contributed by atoms with Crippen molar-refractivity contribution < 1.29 is 22.7 Å². The number of aromatic nitrogens is 2. The van der Waals surface area contributed by atoms with E-state index in [-0.39, 0.29) is 11.5 Å². The van der Waals surface area contributed by atoms with E-state index < -0.39 is 23.3 Å². The van der Waals surface area contributed by atoms with E-state index >= 15 is 0 Å². The van der Waals surface area contributed by atoms with Gasteiger partial charge in [0.1, 0.15) is 0 Å². The van der Waals surface area contributed by atoms with Crippen LogP contribution in [0.4, 0.5) is 24.8 Å². The van der Waals surface area contributed by atoms with Crippen molar-refractivity contribution in [2.45, 2.75) is 6.18 Å². The van der Waals surface area contributed by atoms with E-state index in [1.54, 1.807) is 31.3 Å². The number of methoxy groups -OCH3 is 1. The predicted octanol–water partition coefficient (Wildman–Crippen LogP) is 3.99. The highest BCUT2D eigenvalue weighted by atomic mass is 19.4. The summed E-state index contributed by atoms with van der Waals surface area (Å²) in [7, 11) is 2.87. The third kappa shape index (κ3) is 3.42. The number of nitrogens with zero attached hydrogens (tertiary/aromatic N) is 3. The maximum Gasteiger partial charge on any atom is 0.417 e. The van der Waals surface area contributed by atoms with Crippen LogP contribution in [0.2, 0.25) is 0 Å². The molecule has 138 valence electrons. The molecule has 0 atom stereocenters. The Labute approximate surface area is 151 Å². The smallest absolute Gasteiger partial charge is 0.417 e. The Balaban J connectivity index is 2.05.